The van der Waals surface area contributed by atoms with E-state index in [1.807, 2.05) is 5.38 Å². The summed E-state index contributed by atoms with van der Waals surface area (Å²) in [4.78, 5) is 6.93. The minimum atomic E-state index is 0.312. The topological polar surface area (TPSA) is 25.4 Å². The zero-order valence-corrected chi connectivity index (χ0v) is 12.5. The highest BCUT2D eigenvalue weighted by Crippen LogP contribution is 2.25. The van der Waals surface area contributed by atoms with Crippen LogP contribution in [0.2, 0.25) is 0 Å². The highest BCUT2D eigenvalue weighted by molar-refractivity contribution is 7.09. The Bertz CT molecular complexity index is 330. The Kier molecular flexibility index (Phi) is 6.41. The van der Waals surface area contributed by atoms with Crippen molar-refractivity contribution in [1.82, 2.24) is 9.88 Å². The quantitative estimate of drug-likeness (QED) is 0.715. The fourth-order valence-corrected chi connectivity index (χ4v) is 2.94. The number of rotatable bonds is 7. The van der Waals surface area contributed by atoms with Crippen LogP contribution in [0.4, 0.5) is 0 Å². The average molecular weight is 277 g/mol. The number of thiazole rings is 1. The molecular formula is C12H21ClN2OS. The van der Waals surface area contributed by atoms with Crippen LogP contribution in [0.25, 0.3) is 0 Å². The van der Waals surface area contributed by atoms with Crippen molar-refractivity contribution in [3.63, 3.8) is 0 Å². The lowest BCUT2D eigenvalue weighted by Gasteiger charge is -2.31. The van der Waals surface area contributed by atoms with Crippen LogP contribution < -0.4 is 0 Å². The number of methoxy groups -OCH3 is 1. The summed E-state index contributed by atoms with van der Waals surface area (Å²) in [5, 5.41) is 3.17. The Morgan fingerprint density at radius 2 is 2.18 bits per heavy atom. The number of halogens is 1. The maximum absolute atomic E-state index is 5.78. The van der Waals surface area contributed by atoms with E-state index in [1.165, 1.54) is 0 Å². The highest BCUT2D eigenvalue weighted by Gasteiger charge is 2.20. The van der Waals surface area contributed by atoms with Crippen LogP contribution >= 0.6 is 22.9 Å². The van der Waals surface area contributed by atoms with Gasteiger partial charge in [-0.2, -0.15) is 0 Å². The predicted molar refractivity (Wildman–Crippen MR) is 73.8 cm³/mol. The molecule has 0 saturated carbocycles. The molecule has 0 bridgehead atoms. The lowest BCUT2D eigenvalue weighted by atomic mass is 10.2. The minimum absolute atomic E-state index is 0.312. The Morgan fingerprint density at radius 1 is 1.47 bits per heavy atom. The van der Waals surface area contributed by atoms with Crippen molar-refractivity contribution in [3.8, 4) is 0 Å². The molecule has 0 saturated heterocycles. The molecule has 0 amide bonds. The van der Waals surface area contributed by atoms with Gasteiger partial charge in [-0.15, -0.1) is 22.9 Å². The third-order valence-electron chi connectivity index (χ3n) is 2.78. The molecule has 0 spiro atoms. The van der Waals surface area contributed by atoms with Crippen LogP contribution in [0.1, 0.15) is 37.5 Å². The summed E-state index contributed by atoms with van der Waals surface area (Å²) in [5.41, 5.74) is 0.967. The van der Waals surface area contributed by atoms with Gasteiger partial charge in [0, 0.05) is 25.1 Å². The van der Waals surface area contributed by atoms with Gasteiger partial charge in [0.2, 0.25) is 0 Å². The van der Waals surface area contributed by atoms with Crippen molar-refractivity contribution in [2.45, 2.75) is 38.7 Å². The van der Waals surface area contributed by atoms with Crippen molar-refractivity contribution in [2.75, 3.05) is 20.3 Å². The van der Waals surface area contributed by atoms with Crippen LogP contribution in [0.5, 0.6) is 0 Å². The van der Waals surface area contributed by atoms with E-state index in [1.54, 1.807) is 18.4 Å². The fourth-order valence-electron chi connectivity index (χ4n) is 1.81. The summed E-state index contributed by atoms with van der Waals surface area (Å²) in [6, 6.07) is 0.788. The summed E-state index contributed by atoms with van der Waals surface area (Å²) in [6.45, 7) is 8.25. The molecule has 0 aromatic carbocycles. The molecule has 0 aliphatic rings. The van der Waals surface area contributed by atoms with Crippen LogP contribution in [-0.2, 0) is 10.6 Å². The molecule has 0 fully saturated rings. The number of hydrogen-bond acceptors (Lipinski definition) is 4. The van der Waals surface area contributed by atoms with Crippen molar-refractivity contribution in [3.05, 3.63) is 16.1 Å². The van der Waals surface area contributed by atoms with E-state index in [9.17, 15) is 0 Å². The Morgan fingerprint density at radius 3 is 2.65 bits per heavy atom. The number of ether oxygens (including phenoxy) is 1. The summed E-state index contributed by atoms with van der Waals surface area (Å²) < 4.78 is 5.16. The normalized spacial score (nSPS) is 13.6. The van der Waals surface area contributed by atoms with Gasteiger partial charge in [-0.05, 0) is 20.8 Å². The SMILES string of the molecule is COCCN(C(C)C)C(C)c1nc(CCl)cs1. The molecule has 1 rings (SSSR count). The largest absolute Gasteiger partial charge is 0.383 e. The van der Waals surface area contributed by atoms with Crippen molar-refractivity contribution < 1.29 is 4.74 Å². The smallest absolute Gasteiger partial charge is 0.110 e. The third-order valence-corrected chi connectivity index (χ3v) is 4.12. The van der Waals surface area contributed by atoms with Gasteiger partial charge in [0.15, 0.2) is 0 Å². The second-order valence-corrected chi connectivity index (χ2v) is 5.47. The molecule has 98 valence electrons. The van der Waals surface area contributed by atoms with Gasteiger partial charge in [-0.1, -0.05) is 0 Å². The maximum Gasteiger partial charge on any atom is 0.110 e. The minimum Gasteiger partial charge on any atom is -0.383 e. The molecule has 1 atom stereocenters. The summed E-state index contributed by atoms with van der Waals surface area (Å²) >= 11 is 7.46. The first-order valence-corrected chi connectivity index (χ1v) is 7.26. The summed E-state index contributed by atoms with van der Waals surface area (Å²) in [7, 11) is 1.73. The van der Waals surface area contributed by atoms with Crippen molar-refractivity contribution in [1.29, 1.82) is 0 Å². The van der Waals surface area contributed by atoms with E-state index >= 15 is 0 Å². The zero-order valence-electron chi connectivity index (χ0n) is 10.9. The first-order valence-electron chi connectivity index (χ1n) is 5.85. The first kappa shape index (κ1) is 14.9. The molecule has 3 nitrogen and oxygen atoms in total. The number of alkyl halides is 1. The Balaban J connectivity index is 2.72. The molecule has 0 aliphatic heterocycles. The second-order valence-electron chi connectivity index (χ2n) is 4.31. The molecule has 1 unspecified atom stereocenters. The van der Waals surface area contributed by atoms with E-state index in [0.29, 0.717) is 18.0 Å². The Labute approximate surface area is 113 Å². The predicted octanol–water partition coefficient (Wildman–Crippen LogP) is 3.30. The molecule has 5 heteroatoms. The van der Waals surface area contributed by atoms with E-state index in [4.69, 9.17) is 16.3 Å². The van der Waals surface area contributed by atoms with Gasteiger partial charge >= 0.3 is 0 Å². The third kappa shape index (κ3) is 4.21. The molecule has 1 aromatic heterocycles. The second kappa shape index (κ2) is 7.31. The fraction of sp³-hybridized carbons (Fsp3) is 0.750. The standard InChI is InChI=1S/C12H21ClN2OS/c1-9(2)15(5-6-16-4)10(3)12-14-11(7-13)8-17-12/h8-10H,5-7H2,1-4H3. The average Bonchev–Trinajstić information content (AvgIpc) is 2.77. The lowest BCUT2D eigenvalue weighted by Crippen LogP contribution is -2.36. The van der Waals surface area contributed by atoms with Crippen LogP contribution in [-0.4, -0.2) is 36.2 Å². The summed E-state index contributed by atoms with van der Waals surface area (Å²) in [6.07, 6.45) is 0. The van der Waals surface area contributed by atoms with Gasteiger partial charge in [0.1, 0.15) is 5.01 Å². The monoisotopic (exact) mass is 276 g/mol. The van der Waals surface area contributed by atoms with Crippen LogP contribution in [0.3, 0.4) is 0 Å². The van der Waals surface area contributed by atoms with Gasteiger partial charge in [-0.3, -0.25) is 4.90 Å². The first-order chi connectivity index (χ1) is 8.10. The number of nitrogens with zero attached hydrogens (tertiary/aromatic N) is 2. The number of aromatic nitrogens is 1. The molecule has 1 heterocycles. The van der Waals surface area contributed by atoms with E-state index in [-0.39, 0.29) is 0 Å². The van der Waals surface area contributed by atoms with Crippen molar-refractivity contribution >= 4 is 22.9 Å². The van der Waals surface area contributed by atoms with Crippen LogP contribution in [0.15, 0.2) is 5.38 Å². The van der Waals surface area contributed by atoms with Crippen LogP contribution in [0, 0.1) is 0 Å². The van der Waals surface area contributed by atoms with Gasteiger partial charge < -0.3 is 4.74 Å². The zero-order chi connectivity index (χ0) is 12.8. The van der Waals surface area contributed by atoms with E-state index < -0.39 is 0 Å². The molecule has 0 radical (unpaired) electrons. The van der Waals surface area contributed by atoms with Gasteiger partial charge in [-0.25, -0.2) is 4.98 Å². The molecule has 0 N–H and O–H groups in total. The van der Waals surface area contributed by atoms with E-state index in [2.05, 4.69) is 30.7 Å². The molecule has 0 aliphatic carbocycles. The number of hydrogen-bond donors (Lipinski definition) is 0. The van der Waals surface area contributed by atoms with E-state index in [0.717, 1.165) is 23.9 Å². The maximum atomic E-state index is 5.78. The van der Waals surface area contributed by atoms with Gasteiger partial charge in [0.25, 0.3) is 0 Å². The molecule has 1 aromatic rings. The highest BCUT2D eigenvalue weighted by atomic mass is 35.5. The lowest BCUT2D eigenvalue weighted by molar-refractivity contribution is 0.102. The molecular weight excluding hydrogens is 256 g/mol. The Hall–Kier alpha value is -0.160. The molecule has 17 heavy (non-hydrogen) atoms. The van der Waals surface area contributed by atoms with Crippen molar-refractivity contribution in [2.24, 2.45) is 0 Å². The van der Waals surface area contributed by atoms with Gasteiger partial charge in [0.05, 0.1) is 24.2 Å². The summed E-state index contributed by atoms with van der Waals surface area (Å²) in [5.74, 6) is 0.489.